The van der Waals surface area contributed by atoms with E-state index >= 15 is 0 Å². The molecule has 0 heterocycles. The summed E-state index contributed by atoms with van der Waals surface area (Å²) in [4.78, 5) is 36.7. The number of nitrogens with one attached hydrogen (secondary N) is 2. The fourth-order valence-electron chi connectivity index (χ4n) is 3.30. The van der Waals surface area contributed by atoms with E-state index in [9.17, 15) is 14.4 Å². The molecule has 2 rings (SSSR count). The lowest BCUT2D eigenvalue weighted by Gasteiger charge is -2.23. The normalized spacial score (nSPS) is 12.7. The molecule has 0 saturated heterocycles. The number of hydrogen-bond donors (Lipinski definition) is 3. The monoisotopic (exact) mass is 445 g/mol. The second-order valence-electron chi connectivity index (χ2n) is 7.51. The molecule has 2 unspecified atom stereocenters. The summed E-state index contributed by atoms with van der Waals surface area (Å²) in [6, 6.07) is 12.4. The van der Waals surface area contributed by atoms with Crippen LogP contribution in [0.3, 0.4) is 0 Å². The fourth-order valence-corrected chi connectivity index (χ4v) is 3.57. The number of primary amides is 1. The van der Waals surface area contributed by atoms with Gasteiger partial charge < -0.3 is 21.1 Å². The number of esters is 1. The maximum atomic E-state index is 12.9. The molecule has 31 heavy (non-hydrogen) atoms. The number of carbonyl (C=O) groups excluding carboxylic acids is 3. The number of carbonyl (C=O) groups is 3. The van der Waals surface area contributed by atoms with Gasteiger partial charge in [-0.3, -0.25) is 9.59 Å². The van der Waals surface area contributed by atoms with Gasteiger partial charge in [0.2, 0.25) is 5.91 Å². The second-order valence-corrected chi connectivity index (χ2v) is 7.91. The Balaban J connectivity index is 2.22. The Labute approximate surface area is 187 Å². The summed E-state index contributed by atoms with van der Waals surface area (Å²) in [6.45, 7) is 5.39. The van der Waals surface area contributed by atoms with Crippen molar-refractivity contribution < 1.29 is 19.1 Å². The molecule has 8 heteroatoms. The number of ether oxygens (including phenoxy) is 1. The Morgan fingerprint density at radius 3 is 2.10 bits per heavy atom. The van der Waals surface area contributed by atoms with Crippen molar-refractivity contribution in [1.29, 1.82) is 0 Å². The molecule has 4 N–H and O–H groups in total. The molecule has 0 fully saturated rings. The van der Waals surface area contributed by atoms with Crippen LogP contribution in [0.25, 0.3) is 0 Å². The molecule has 0 radical (unpaired) electrons. The maximum Gasteiger partial charge on any atom is 0.312 e. The van der Waals surface area contributed by atoms with E-state index in [2.05, 4.69) is 10.6 Å². The van der Waals surface area contributed by atoms with Gasteiger partial charge in [-0.05, 0) is 43.5 Å². The molecule has 7 nitrogen and oxygen atoms in total. The number of benzene rings is 2. The number of urea groups is 1. The summed E-state index contributed by atoms with van der Waals surface area (Å²) < 4.78 is 5.24. The van der Waals surface area contributed by atoms with Crippen LogP contribution in [0.4, 0.5) is 4.79 Å². The number of amides is 3. The third-order valence-electron chi connectivity index (χ3n) is 4.62. The van der Waals surface area contributed by atoms with Gasteiger partial charge in [0.1, 0.15) is 0 Å². The van der Waals surface area contributed by atoms with Crippen LogP contribution in [0.15, 0.2) is 48.5 Å². The fraction of sp³-hybridized carbons (Fsp3) is 0.348. The van der Waals surface area contributed by atoms with Crippen LogP contribution >= 0.6 is 11.6 Å². The van der Waals surface area contributed by atoms with Crippen LogP contribution in [0, 0.1) is 6.92 Å². The van der Waals surface area contributed by atoms with Crippen molar-refractivity contribution >= 4 is 29.5 Å². The number of aryl methyl sites for hydroxylation is 1. The molecule has 0 bridgehead atoms. The smallest absolute Gasteiger partial charge is 0.312 e. The van der Waals surface area contributed by atoms with Crippen LogP contribution < -0.4 is 16.4 Å². The van der Waals surface area contributed by atoms with E-state index in [-0.39, 0.29) is 24.9 Å². The first-order valence-electron chi connectivity index (χ1n) is 10.0. The lowest BCUT2D eigenvalue weighted by molar-refractivity contribution is -0.148. The van der Waals surface area contributed by atoms with E-state index in [1.54, 1.807) is 38.1 Å². The van der Waals surface area contributed by atoms with Crippen molar-refractivity contribution in [2.75, 3.05) is 0 Å². The van der Waals surface area contributed by atoms with Crippen LogP contribution in [0.1, 0.15) is 55.5 Å². The quantitative estimate of drug-likeness (QED) is 0.507. The average molecular weight is 446 g/mol. The number of hydrogen-bond acceptors (Lipinski definition) is 4. The Hall–Kier alpha value is -3.06. The standard InChI is InChI=1S/C23H28ClN3O4/c1-14(2)31-22(29)13-20(17-10-6-7-11-18(17)24)26-21(28)12-19(27-23(25)30)16-9-5-4-8-15(16)3/h4-11,14,19-20H,12-13H2,1-3H3,(H,26,28)(H3,25,27,30). The SMILES string of the molecule is Cc1ccccc1C(CC(=O)NC(CC(=O)OC(C)C)c1ccccc1Cl)NC(N)=O. The summed E-state index contributed by atoms with van der Waals surface area (Å²) in [5.74, 6) is -0.824. The third kappa shape index (κ3) is 7.61. The highest BCUT2D eigenvalue weighted by molar-refractivity contribution is 6.31. The van der Waals surface area contributed by atoms with E-state index in [1.165, 1.54) is 0 Å². The van der Waals surface area contributed by atoms with Crippen LogP contribution in [-0.2, 0) is 14.3 Å². The summed E-state index contributed by atoms with van der Waals surface area (Å²) in [5, 5.41) is 5.90. The van der Waals surface area contributed by atoms with Crippen LogP contribution in [0.2, 0.25) is 5.02 Å². The molecule has 0 aromatic heterocycles. The molecular weight excluding hydrogens is 418 g/mol. The van der Waals surface area contributed by atoms with Gasteiger partial charge in [-0.2, -0.15) is 0 Å². The minimum atomic E-state index is -0.732. The van der Waals surface area contributed by atoms with Gasteiger partial charge in [-0.15, -0.1) is 0 Å². The molecule has 166 valence electrons. The van der Waals surface area contributed by atoms with Crippen molar-refractivity contribution in [3.63, 3.8) is 0 Å². The van der Waals surface area contributed by atoms with Gasteiger partial charge in [0.15, 0.2) is 0 Å². The molecule has 0 saturated carbocycles. The molecule has 3 amide bonds. The highest BCUT2D eigenvalue weighted by Gasteiger charge is 2.25. The number of halogens is 1. The second kappa shape index (κ2) is 11.4. The number of nitrogens with two attached hydrogens (primary N) is 1. The Kier molecular flexibility index (Phi) is 8.88. The Morgan fingerprint density at radius 1 is 0.935 bits per heavy atom. The minimum absolute atomic E-state index is 0.0615. The number of rotatable bonds is 9. The summed E-state index contributed by atoms with van der Waals surface area (Å²) in [6.07, 6.45) is -0.416. The molecule has 2 aromatic carbocycles. The predicted molar refractivity (Wildman–Crippen MR) is 119 cm³/mol. The van der Waals surface area contributed by atoms with Gasteiger partial charge in [0.05, 0.1) is 31.0 Å². The van der Waals surface area contributed by atoms with Crippen LogP contribution in [0.5, 0.6) is 0 Å². The topological polar surface area (TPSA) is 111 Å². The largest absolute Gasteiger partial charge is 0.463 e. The zero-order chi connectivity index (χ0) is 23.0. The Morgan fingerprint density at radius 2 is 1.52 bits per heavy atom. The van der Waals surface area contributed by atoms with Gasteiger partial charge in [-0.25, -0.2) is 4.79 Å². The molecule has 0 spiro atoms. The molecule has 0 aliphatic rings. The van der Waals surface area contributed by atoms with E-state index in [1.807, 2.05) is 31.2 Å². The molecule has 2 aromatic rings. The first kappa shape index (κ1) is 24.2. The van der Waals surface area contributed by atoms with Crippen molar-refractivity contribution in [3.8, 4) is 0 Å². The first-order valence-corrected chi connectivity index (χ1v) is 10.4. The van der Waals surface area contributed by atoms with Crippen molar-refractivity contribution in [2.24, 2.45) is 5.73 Å². The predicted octanol–water partition coefficient (Wildman–Crippen LogP) is 3.95. The maximum absolute atomic E-state index is 12.9. The molecule has 0 aliphatic carbocycles. The lowest BCUT2D eigenvalue weighted by Crippen LogP contribution is -2.38. The van der Waals surface area contributed by atoms with E-state index < -0.39 is 24.1 Å². The lowest BCUT2D eigenvalue weighted by atomic mass is 9.97. The summed E-state index contributed by atoms with van der Waals surface area (Å²) in [7, 11) is 0. The zero-order valence-corrected chi connectivity index (χ0v) is 18.6. The zero-order valence-electron chi connectivity index (χ0n) is 17.9. The van der Waals surface area contributed by atoms with Gasteiger partial charge in [-0.1, -0.05) is 54.1 Å². The molecule has 2 atom stereocenters. The van der Waals surface area contributed by atoms with Gasteiger partial charge in [0.25, 0.3) is 0 Å². The highest BCUT2D eigenvalue weighted by atomic mass is 35.5. The van der Waals surface area contributed by atoms with Gasteiger partial charge in [0, 0.05) is 5.02 Å². The first-order chi connectivity index (χ1) is 14.7. The minimum Gasteiger partial charge on any atom is -0.463 e. The van der Waals surface area contributed by atoms with Crippen molar-refractivity contribution in [2.45, 2.75) is 51.8 Å². The van der Waals surface area contributed by atoms with Crippen LogP contribution in [-0.4, -0.2) is 24.0 Å². The summed E-state index contributed by atoms with van der Waals surface area (Å²) in [5.41, 5.74) is 7.62. The molecule has 0 aliphatic heterocycles. The van der Waals surface area contributed by atoms with E-state index in [4.69, 9.17) is 22.1 Å². The van der Waals surface area contributed by atoms with Crippen molar-refractivity contribution in [3.05, 3.63) is 70.2 Å². The average Bonchev–Trinajstić information content (AvgIpc) is 2.66. The van der Waals surface area contributed by atoms with Crippen molar-refractivity contribution in [1.82, 2.24) is 10.6 Å². The highest BCUT2D eigenvalue weighted by Crippen LogP contribution is 2.27. The van der Waals surface area contributed by atoms with E-state index in [0.717, 1.165) is 11.1 Å². The third-order valence-corrected chi connectivity index (χ3v) is 4.97. The Bertz CT molecular complexity index is 933. The van der Waals surface area contributed by atoms with Gasteiger partial charge >= 0.3 is 12.0 Å². The summed E-state index contributed by atoms with van der Waals surface area (Å²) >= 11 is 6.31. The van der Waals surface area contributed by atoms with E-state index in [0.29, 0.717) is 10.6 Å². The molecular formula is C23H28ClN3O4.